The van der Waals surface area contributed by atoms with Crippen molar-refractivity contribution in [1.82, 2.24) is 14.8 Å². The van der Waals surface area contributed by atoms with Crippen molar-refractivity contribution in [3.05, 3.63) is 30.0 Å². The van der Waals surface area contributed by atoms with Crippen LogP contribution in [0.3, 0.4) is 0 Å². The van der Waals surface area contributed by atoms with Crippen molar-refractivity contribution in [2.75, 3.05) is 33.3 Å². The van der Waals surface area contributed by atoms with Gasteiger partial charge in [-0.1, -0.05) is 6.92 Å². The number of carbonyl (C=O) groups is 1. The molecule has 1 saturated heterocycles. The first-order valence-corrected chi connectivity index (χ1v) is 8.32. The summed E-state index contributed by atoms with van der Waals surface area (Å²) in [6, 6.07) is 7.98. The molecule has 0 aliphatic carbocycles. The van der Waals surface area contributed by atoms with Gasteiger partial charge in [-0.05, 0) is 44.6 Å². The molecular weight excluding hydrogens is 290 g/mol. The Bertz CT molecular complexity index is 695. The molecule has 124 valence electrons. The lowest BCUT2D eigenvalue weighted by molar-refractivity contribution is 0.0688. The molecule has 1 aromatic carbocycles. The van der Waals surface area contributed by atoms with Gasteiger partial charge < -0.3 is 19.5 Å². The molecule has 2 aromatic rings. The minimum absolute atomic E-state index is 0.0885. The third-order valence-corrected chi connectivity index (χ3v) is 4.70. The number of amides is 1. The largest absolute Gasteiger partial charge is 0.497 e. The Labute approximate surface area is 137 Å². The van der Waals surface area contributed by atoms with Crippen LogP contribution in [0.2, 0.25) is 0 Å². The highest BCUT2D eigenvalue weighted by molar-refractivity contribution is 5.98. The van der Waals surface area contributed by atoms with Crippen molar-refractivity contribution in [2.45, 2.75) is 26.3 Å². The molecule has 5 nitrogen and oxygen atoms in total. The molecule has 0 radical (unpaired) electrons. The van der Waals surface area contributed by atoms with Crippen LogP contribution in [0.25, 0.3) is 10.9 Å². The number of ether oxygens (including phenoxy) is 1. The van der Waals surface area contributed by atoms with Crippen molar-refractivity contribution in [3.8, 4) is 5.75 Å². The standard InChI is InChI=1S/C18H25N3O2/c1-4-20-8-5-9-21(13(2)12-20)18(22)17-10-14-6-7-15(23-3)11-16(14)19-17/h6-7,10-11,13,19H,4-5,8-9,12H2,1-3H3. The summed E-state index contributed by atoms with van der Waals surface area (Å²) in [4.78, 5) is 20.6. The first kappa shape index (κ1) is 15.9. The summed E-state index contributed by atoms with van der Waals surface area (Å²) in [6.07, 6.45) is 1.03. The topological polar surface area (TPSA) is 48.6 Å². The van der Waals surface area contributed by atoms with E-state index >= 15 is 0 Å². The van der Waals surface area contributed by atoms with Crippen LogP contribution in [0.5, 0.6) is 5.75 Å². The van der Waals surface area contributed by atoms with E-state index in [2.05, 4.69) is 23.7 Å². The smallest absolute Gasteiger partial charge is 0.270 e. The lowest BCUT2D eigenvalue weighted by Crippen LogP contribution is -2.42. The van der Waals surface area contributed by atoms with E-state index < -0.39 is 0 Å². The molecule has 5 heteroatoms. The number of fused-ring (bicyclic) bond motifs is 1. The van der Waals surface area contributed by atoms with Gasteiger partial charge in [-0.2, -0.15) is 0 Å². The predicted octanol–water partition coefficient (Wildman–Crippen LogP) is 2.73. The quantitative estimate of drug-likeness (QED) is 0.947. The van der Waals surface area contributed by atoms with Gasteiger partial charge in [0.2, 0.25) is 0 Å². The Balaban J connectivity index is 1.84. The van der Waals surface area contributed by atoms with Gasteiger partial charge in [0.1, 0.15) is 11.4 Å². The average molecular weight is 315 g/mol. The van der Waals surface area contributed by atoms with Crippen LogP contribution >= 0.6 is 0 Å². The summed E-state index contributed by atoms with van der Waals surface area (Å²) >= 11 is 0. The van der Waals surface area contributed by atoms with E-state index in [1.54, 1.807) is 7.11 Å². The van der Waals surface area contributed by atoms with E-state index in [1.165, 1.54) is 0 Å². The van der Waals surface area contributed by atoms with Gasteiger partial charge in [0, 0.05) is 36.1 Å². The molecule has 0 spiro atoms. The average Bonchev–Trinajstić information content (AvgIpc) is 2.90. The number of likely N-dealkylation sites (N-methyl/N-ethyl adjacent to an activating group) is 1. The molecule has 1 aliphatic rings. The minimum atomic E-state index is 0.0885. The minimum Gasteiger partial charge on any atom is -0.497 e. The molecule has 1 unspecified atom stereocenters. The van der Waals surface area contributed by atoms with Crippen molar-refractivity contribution < 1.29 is 9.53 Å². The Morgan fingerprint density at radius 1 is 1.35 bits per heavy atom. The van der Waals surface area contributed by atoms with Crippen LogP contribution in [0.15, 0.2) is 24.3 Å². The van der Waals surface area contributed by atoms with Gasteiger partial charge in [0.05, 0.1) is 7.11 Å². The summed E-state index contributed by atoms with van der Waals surface area (Å²) in [7, 11) is 1.65. The van der Waals surface area contributed by atoms with Gasteiger partial charge in [-0.25, -0.2) is 0 Å². The van der Waals surface area contributed by atoms with Crippen molar-refractivity contribution in [1.29, 1.82) is 0 Å². The van der Waals surface area contributed by atoms with Gasteiger partial charge in [0.25, 0.3) is 5.91 Å². The van der Waals surface area contributed by atoms with Crippen LogP contribution < -0.4 is 4.74 Å². The SMILES string of the molecule is CCN1CCCN(C(=O)c2cc3ccc(OC)cc3[nH]2)C(C)C1. The van der Waals surface area contributed by atoms with Crippen LogP contribution in [0.4, 0.5) is 0 Å². The molecule has 1 amide bonds. The summed E-state index contributed by atoms with van der Waals surface area (Å²) in [5.41, 5.74) is 1.59. The van der Waals surface area contributed by atoms with E-state index in [0.29, 0.717) is 5.69 Å². The molecule has 1 aliphatic heterocycles. The Kier molecular flexibility index (Phi) is 4.57. The van der Waals surface area contributed by atoms with Crippen molar-refractivity contribution in [3.63, 3.8) is 0 Å². The number of nitrogens with zero attached hydrogens (tertiary/aromatic N) is 2. The highest BCUT2D eigenvalue weighted by atomic mass is 16.5. The summed E-state index contributed by atoms with van der Waals surface area (Å²) in [5.74, 6) is 0.880. The van der Waals surface area contributed by atoms with E-state index in [9.17, 15) is 4.79 Å². The fourth-order valence-electron chi connectivity index (χ4n) is 3.34. The Morgan fingerprint density at radius 3 is 2.91 bits per heavy atom. The van der Waals surface area contributed by atoms with Crippen molar-refractivity contribution >= 4 is 16.8 Å². The van der Waals surface area contributed by atoms with Gasteiger partial charge >= 0.3 is 0 Å². The zero-order valence-corrected chi connectivity index (χ0v) is 14.1. The predicted molar refractivity (Wildman–Crippen MR) is 92.1 cm³/mol. The molecule has 3 rings (SSSR count). The number of carbonyl (C=O) groups excluding carboxylic acids is 1. The van der Waals surface area contributed by atoms with E-state index in [-0.39, 0.29) is 11.9 Å². The lowest BCUT2D eigenvalue weighted by atomic mass is 10.2. The molecule has 1 fully saturated rings. The van der Waals surface area contributed by atoms with E-state index in [0.717, 1.165) is 49.3 Å². The van der Waals surface area contributed by atoms with Gasteiger partial charge in [-0.3, -0.25) is 4.79 Å². The first-order chi connectivity index (χ1) is 11.1. The van der Waals surface area contributed by atoms with Crippen LogP contribution in [-0.2, 0) is 0 Å². The number of methoxy groups -OCH3 is 1. The monoisotopic (exact) mass is 315 g/mol. The molecule has 23 heavy (non-hydrogen) atoms. The summed E-state index contributed by atoms with van der Waals surface area (Å²) in [6.45, 7) is 8.17. The first-order valence-electron chi connectivity index (χ1n) is 8.32. The number of hydrogen-bond donors (Lipinski definition) is 1. The molecule has 1 aromatic heterocycles. The second-order valence-electron chi connectivity index (χ2n) is 6.23. The molecule has 2 heterocycles. The third-order valence-electron chi connectivity index (χ3n) is 4.70. The number of nitrogens with one attached hydrogen (secondary N) is 1. The Morgan fingerprint density at radius 2 is 2.17 bits per heavy atom. The third kappa shape index (κ3) is 3.20. The highest BCUT2D eigenvalue weighted by Crippen LogP contribution is 2.23. The normalized spacial score (nSPS) is 19.8. The number of H-pyrrole nitrogens is 1. The maximum atomic E-state index is 12.9. The van der Waals surface area contributed by atoms with E-state index in [1.807, 2.05) is 29.2 Å². The fourth-order valence-corrected chi connectivity index (χ4v) is 3.34. The van der Waals surface area contributed by atoms with E-state index in [4.69, 9.17) is 4.74 Å². The number of aromatic nitrogens is 1. The molecule has 0 saturated carbocycles. The maximum absolute atomic E-state index is 12.9. The number of rotatable bonds is 3. The summed E-state index contributed by atoms with van der Waals surface area (Å²) in [5, 5.41) is 1.03. The molecular formula is C18H25N3O2. The van der Waals surface area contributed by atoms with Gasteiger partial charge in [-0.15, -0.1) is 0 Å². The lowest BCUT2D eigenvalue weighted by Gasteiger charge is -2.28. The highest BCUT2D eigenvalue weighted by Gasteiger charge is 2.26. The molecule has 1 atom stereocenters. The van der Waals surface area contributed by atoms with Crippen LogP contribution in [-0.4, -0.2) is 60.0 Å². The van der Waals surface area contributed by atoms with Crippen molar-refractivity contribution in [2.24, 2.45) is 0 Å². The zero-order valence-electron chi connectivity index (χ0n) is 14.1. The fraction of sp³-hybridized carbons (Fsp3) is 0.500. The number of aromatic amines is 1. The molecule has 1 N–H and O–H groups in total. The van der Waals surface area contributed by atoms with Gasteiger partial charge in [0.15, 0.2) is 0 Å². The number of hydrogen-bond acceptors (Lipinski definition) is 3. The van der Waals surface area contributed by atoms with Crippen LogP contribution in [0.1, 0.15) is 30.8 Å². The Hall–Kier alpha value is -2.01. The molecule has 0 bridgehead atoms. The second-order valence-corrected chi connectivity index (χ2v) is 6.23. The second kappa shape index (κ2) is 6.62. The number of benzene rings is 1. The zero-order chi connectivity index (χ0) is 16.4. The van der Waals surface area contributed by atoms with Crippen LogP contribution in [0, 0.1) is 0 Å². The summed E-state index contributed by atoms with van der Waals surface area (Å²) < 4.78 is 5.25. The maximum Gasteiger partial charge on any atom is 0.270 e.